The molecule has 60 valence electrons. The zero-order chi connectivity index (χ0) is 7.78. The molecule has 3 unspecified atom stereocenters. The van der Waals surface area contributed by atoms with Gasteiger partial charge >= 0.3 is 0 Å². The summed E-state index contributed by atoms with van der Waals surface area (Å²) in [6.45, 7) is 4.22. The molecular formula is C8H18N2. The summed E-state index contributed by atoms with van der Waals surface area (Å²) in [4.78, 5) is 0. The van der Waals surface area contributed by atoms with Crippen LogP contribution >= 0.6 is 0 Å². The predicted molar refractivity (Wildman–Crippen MR) is 43.6 cm³/mol. The van der Waals surface area contributed by atoms with Gasteiger partial charge in [-0.1, -0.05) is 13.3 Å². The number of hydrogen-bond acceptors (Lipinski definition) is 2. The van der Waals surface area contributed by atoms with E-state index in [4.69, 9.17) is 11.5 Å². The number of nitrogens with two attached hydrogens (primary N) is 2. The van der Waals surface area contributed by atoms with Gasteiger partial charge in [0.2, 0.25) is 0 Å². The molecule has 0 saturated heterocycles. The summed E-state index contributed by atoms with van der Waals surface area (Å²) in [7, 11) is 0. The highest BCUT2D eigenvalue weighted by atomic mass is 14.9. The normalized spacial score (nSPS) is 43.8. The maximum absolute atomic E-state index is 6.12. The van der Waals surface area contributed by atoms with E-state index in [0.717, 1.165) is 6.42 Å². The van der Waals surface area contributed by atoms with Crippen molar-refractivity contribution in [2.24, 2.45) is 17.4 Å². The van der Waals surface area contributed by atoms with E-state index in [1.807, 2.05) is 6.92 Å². The van der Waals surface area contributed by atoms with E-state index in [0.29, 0.717) is 5.92 Å². The zero-order valence-electron chi connectivity index (χ0n) is 6.93. The fourth-order valence-corrected chi connectivity index (χ4v) is 1.91. The molecule has 0 heterocycles. The fourth-order valence-electron chi connectivity index (χ4n) is 1.91. The molecule has 3 atom stereocenters. The highest BCUT2D eigenvalue weighted by Crippen LogP contribution is 2.34. The molecule has 0 bridgehead atoms. The van der Waals surface area contributed by atoms with Gasteiger partial charge < -0.3 is 11.5 Å². The average Bonchev–Trinajstić information content (AvgIpc) is 2.15. The van der Waals surface area contributed by atoms with Crippen molar-refractivity contribution < 1.29 is 0 Å². The van der Waals surface area contributed by atoms with E-state index in [1.165, 1.54) is 12.8 Å². The maximum Gasteiger partial charge on any atom is 0.0331 e. The van der Waals surface area contributed by atoms with Gasteiger partial charge in [-0.05, 0) is 25.7 Å². The van der Waals surface area contributed by atoms with Crippen molar-refractivity contribution in [2.45, 2.75) is 44.7 Å². The zero-order valence-corrected chi connectivity index (χ0v) is 6.93. The van der Waals surface area contributed by atoms with Gasteiger partial charge in [-0.3, -0.25) is 0 Å². The van der Waals surface area contributed by atoms with Crippen molar-refractivity contribution >= 4 is 0 Å². The molecule has 0 spiro atoms. The van der Waals surface area contributed by atoms with Gasteiger partial charge in [0.1, 0.15) is 0 Å². The van der Waals surface area contributed by atoms with Gasteiger partial charge in [0, 0.05) is 11.6 Å². The third-order valence-corrected chi connectivity index (χ3v) is 3.01. The number of hydrogen-bond donors (Lipinski definition) is 2. The molecule has 10 heavy (non-hydrogen) atoms. The maximum atomic E-state index is 6.12. The second-order valence-corrected chi connectivity index (χ2v) is 3.69. The van der Waals surface area contributed by atoms with Gasteiger partial charge in [-0.15, -0.1) is 0 Å². The first-order valence-electron chi connectivity index (χ1n) is 4.12. The molecule has 1 aliphatic rings. The van der Waals surface area contributed by atoms with E-state index in [1.54, 1.807) is 0 Å². The highest BCUT2D eigenvalue weighted by Gasteiger charge is 2.39. The Bertz CT molecular complexity index is 122. The third kappa shape index (κ3) is 1.06. The Morgan fingerprint density at radius 2 is 2.20 bits per heavy atom. The summed E-state index contributed by atoms with van der Waals surface area (Å²) in [5, 5.41) is 0. The summed E-state index contributed by atoms with van der Waals surface area (Å²) in [5.41, 5.74) is 11.8. The van der Waals surface area contributed by atoms with Gasteiger partial charge in [-0.25, -0.2) is 0 Å². The molecule has 1 saturated carbocycles. The van der Waals surface area contributed by atoms with Gasteiger partial charge in [0.15, 0.2) is 0 Å². The molecule has 1 rings (SSSR count). The van der Waals surface area contributed by atoms with Crippen LogP contribution in [0.4, 0.5) is 0 Å². The molecule has 4 N–H and O–H groups in total. The standard InChI is InChI=1S/C8H18N2/c1-6-4-3-5-8(6,10)7(2)9/h6-7H,3-5,9-10H2,1-2H3. The van der Waals surface area contributed by atoms with Crippen LogP contribution in [0.1, 0.15) is 33.1 Å². The molecule has 0 aliphatic heterocycles. The largest absolute Gasteiger partial charge is 0.326 e. The van der Waals surface area contributed by atoms with Crippen LogP contribution in [0.15, 0.2) is 0 Å². The van der Waals surface area contributed by atoms with E-state index in [9.17, 15) is 0 Å². The van der Waals surface area contributed by atoms with Crippen molar-refractivity contribution in [3.05, 3.63) is 0 Å². The molecule has 1 aliphatic carbocycles. The van der Waals surface area contributed by atoms with E-state index < -0.39 is 0 Å². The van der Waals surface area contributed by atoms with Crippen LogP contribution in [-0.2, 0) is 0 Å². The molecular weight excluding hydrogens is 124 g/mol. The van der Waals surface area contributed by atoms with Crippen LogP contribution in [0.5, 0.6) is 0 Å². The highest BCUT2D eigenvalue weighted by molar-refractivity contribution is 5.00. The lowest BCUT2D eigenvalue weighted by molar-refractivity contribution is 0.289. The Morgan fingerprint density at radius 1 is 1.60 bits per heavy atom. The summed E-state index contributed by atoms with van der Waals surface area (Å²) in [6, 6.07) is 0.144. The van der Waals surface area contributed by atoms with Crippen LogP contribution < -0.4 is 11.5 Å². The van der Waals surface area contributed by atoms with Crippen LogP contribution in [0.2, 0.25) is 0 Å². The Kier molecular flexibility index (Phi) is 2.02. The van der Waals surface area contributed by atoms with Crippen molar-refractivity contribution in [1.82, 2.24) is 0 Å². The van der Waals surface area contributed by atoms with Crippen molar-refractivity contribution in [3.8, 4) is 0 Å². The van der Waals surface area contributed by atoms with Gasteiger partial charge in [0.25, 0.3) is 0 Å². The Morgan fingerprint density at radius 3 is 2.40 bits per heavy atom. The third-order valence-electron chi connectivity index (χ3n) is 3.01. The first-order valence-corrected chi connectivity index (χ1v) is 4.12. The van der Waals surface area contributed by atoms with Crippen molar-refractivity contribution in [3.63, 3.8) is 0 Å². The second kappa shape index (κ2) is 2.51. The van der Waals surface area contributed by atoms with Gasteiger partial charge in [-0.2, -0.15) is 0 Å². The summed E-state index contributed by atoms with van der Waals surface area (Å²) in [5.74, 6) is 0.604. The topological polar surface area (TPSA) is 52.0 Å². The van der Waals surface area contributed by atoms with Crippen molar-refractivity contribution in [1.29, 1.82) is 0 Å². The van der Waals surface area contributed by atoms with Gasteiger partial charge in [0.05, 0.1) is 0 Å². The van der Waals surface area contributed by atoms with Crippen molar-refractivity contribution in [2.75, 3.05) is 0 Å². The van der Waals surface area contributed by atoms with Crippen LogP contribution in [0.3, 0.4) is 0 Å². The van der Waals surface area contributed by atoms with Crippen LogP contribution in [0.25, 0.3) is 0 Å². The molecule has 0 aromatic rings. The predicted octanol–water partition coefficient (Wildman–Crippen LogP) is 0.851. The van der Waals surface area contributed by atoms with E-state index in [2.05, 4.69) is 6.92 Å². The fraction of sp³-hybridized carbons (Fsp3) is 1.00. The lowest BCUT2D eigenvalue weighted by Crippen LogP contribution is -2.55. The van der Waals surface area contributed by atoms with E-state index in [-0.39, 0.29) is 11.6 Å². The SMILES string of the molecule is CC(N)C1(N)CCCC1C. The summed E-state index contributed by atoms with van der Waals surface area (Å²) < 4.78 is 0. The lowest BCUT2D eigenvalue weighted by atomic mass is 9.83. The second-order valence-electron chi connectivity index (χ2n) is 3.69. The van der Waals surface area contributed by atoms with Crippen LogP contribution in [-0.4, -0.2) is 11.6 Å². The lowest BCUT2D eigenvalue weighted by Gasteiger charge is -2.33. The average molecular weight is 142 g/mol. The molecule has 2 nitrogen and oxygen atoms in total. The monoisotopic (exact) mass is 142 g/mol. The first-order chi connectivity index (χ1) is 4.57. The Balaban J connectivity index is 2.66. The summed E-state index contributed by atoms with van der Waals surface area (Å²) in [6.07, 6.45) is 3.60. The quantitative estimate of drug-likeness (QED) is 0.570. The minimum absolute atomic E-state index is 0.0694. The molecule has 0 radical (unpaired) electrons. The molecule has 1 fully saturated rings. The minimum Gasteiger partial charge on any atom is -0.326 e. The molecule has 0 aromatic carbocycles. The van der Waals surface area contributed by atoms with Crippen LogP contribution in [0, 0.1) is 5.92 Å². The minimum atomic E-state index is -0.0694. The smallest absolute Gasteiger partial charge is 0.0331 e. The molecule has 0 amide bonds. The number of rotatable bonds is 1. The molecule has 2 heteroatoms. The van der Waals surface area contributed by atoms with E-state index >= 15 is 0 Å². The first kappa shape index (κ1) is 8.02. The Hall–Kier alpha value is -0.0800. The Labute approximate surface area is 63.0 Å². The summed E-state index contributed by atoms with van der Waals surface area (Å²) >= 11 is 0. The molecule has 0 aromatic heterocycles.